The first kappa shape index (κ1) is 13.8. The Morgan fingerprint density at radius 2 is 2.05 bits per heavy atom. The minimum Gasteiger partial charge on any atom is -0.425 e. The van der Waals surface area contributed by atoms with Crippen molar-refractivity contribution in [3.05, 3.63) is 30.3 Å². The van der Waals surface area contributed by atoms with E-state index in [9.17, 15) is 9.18 Å². The number of carbonyl (C=O) groups is 1. The Morgan fingerprint density at radius 3 is 2.68 bits per heavy atom. The highest BCUT2D eigenvalue weighted by Gasteiger charge is 2.42. The summed E-state index contributed by atoms with van der Waals surface area (Å²) in [6.07, 6.45) is -3.56. The molecule has 19 heavy (non-hydrogen) atoms. The van der Waals surface area contributed by atoms with Gasteiger partial charge in [-0.25, -0.2) is 9.18 Å². The summed E-state index contributed by atoms with van der Waals surface area (Å²) >= 11 is 0. The smallest absolute Gasteiger partial charge is 0.425 e. The normalized spacial score (nSPS) is 26.4. The molecule has 1 saturated heterocycles. The molecule has 0 bridgehead atoms. The Kier molecular flexibility index (Phi) is 4.37. The summed E-state index contributed by atoms with van der Waals surface area (Å²) < 4.78 is 28.9. The molecule has 3 atom stereocenters. The number of alkyl halides is 1. The third-order valence-corrected chi connectivity index (χ3v) is 2.96. The monoisotopic (exact) mass is 268 g/mol. The van der Waals surface area contributed by atoms with Crippen molar-refractivity contribution in [1.29, 1.82) is 0 Å². The molecule has 1 heterocycles. The second-order valence-electron chi connectivity index (χ2n) is 4.81. The topological polar surface area (TPSA) is 44.8 Å². The SMILES string of the molecule is CC(C)C1OCC(F)C1OC(=O)Oc1ccccc1. The molecule has 0 spiro atoms. The quantitative estimate of drug-likeness (QED) is 0.624. The van der Waals surface area contributed by atoms with Crippen LogP contribution < -0.4 is 4.74 Å². The van der Waals surface area contributed by atoms with Crippen LogP contribution in [0.15, 0.2) is 30.3 Å². The van der Waals surface area contributed by atoms with E-state index in [1.807, 2.05) is 13.8 Å². The van der Waals surface area contributed by atoms with E-state index in [0.29, 0.717) is 5.75 Å². The third-order valence-electron chi connectivity index (χ3n) is 2.96. The molecule has 1 aliphatic rings. The predicted octanol–water partition coefficient (Wildman–Crippen LogP) is 2.96. The second kappa shape index (κ2) is 6.02. The highest BCUT2D eigenvalue weighted by molar-refractivity contribution is 5.64. The lowest BCUT2D eigenvalue weighted by molar-refractivity contribution is -0.0194. The zero-order chi connectivity index (χ0) is 13.8. The van der Waals surface area contributed by atoms with Gasteiger partial charge in [0, 0.05) is 0 Å². The van der Waals surface area contributed by atoms with Gasteiger partial charge in [0.25, 0.3) is 0 Å². The maximum absolute atomic E-state index is 13.6. The van der Waals surface area contributed by atoms with Gasteiger partial charge in [-0.05, 0) is 18.1 Å². The number of benzene rings is 1. The van der Waals surface area contributed by atoms with Crippen LogP contribution in [0.2, 0.25) is 0 Å². The number of hydrogen-bond acceptors (Lipinski definition) is 4. The van der Waals surface area contributed by atoms with Crippen LogP contribution in [0.4, 0.5) is 9.18 Å². The lowest BCUT2D eigenvalue weighted by atomic mass is 10.0. The van der Waals surface area contributed by atoms with Crippen molar-refractivity contribution in [2.45, 2.75) is 32.2 Å². The molecule has 1 aromatic carbocycles. The fourth-order valence-electron chi connectivity index (χ4n) is 2.03. The molecule has 0 saturated carbocycles. The minimum absolute atomic E-state index is 0.0495. The first-order valence-electron chi connectivity index (χ1n) is 6.27. The van der Waals surface area contributed by atoms with Crippen molar-refractivity contribution < 1.29 is 23.4 Å². The Balaban J connectivity index is 1.94. The van der Waals surface area contributed by atoms with Crippen LogP contribution in [-0.4, -0.2) is 31.1 Å². The number of rotatable bonds is 3. The Bertz CT molecular complexity index is 421. The van der Waals surface area contributed by atoms with Crippen molar-refractivity contribution in [1.82, 2.24) is 0 Å². The first-order valence-corrected chi connectivity index (χ1v) is 6.27. The molecule has 0 amide bonds. The van der Waals surface area contributed by atoms with Gasteiger partial charge in [-0.15, -0.1) is 0 Å². The molecule has 104 valence electrons. The van der Waals surface area contributed by atoms with Gasteiger partial charge in [0.05, 0.1) is 12.7 Å². The largest absolute Gasteiger partial charge is 0.514 e. The summed E-state index contributed by atoms with van der Waals surface area (Å²) in [7, 11) is 0. The molecule has 5 heteroatoms. The van der Waals surface area contributed by atoms with Crippen molar-refractivity contribution in [2.24, 2.45) is 5.92 Å². The molecule has 1 aromatic rings. The van der Waals surface area contributed by atoms with Crippen molar-refractivity contribution in [2.75, 3.05) is 6.61 Å². The van der Waals surface area contributed by atoms with E-state index in [4.69, 9.17) is 14.2 Å². The third kappa shape index (κ3) is 3.44. The number of ether oxygens (including phenoxy) is 3. The van der Waals surface area contributed by atoms with Gasteiger partial charge in [0.2, 0.25) is 0 Å². The molecule has 0 aliphatic carbocycles. The van der Waals surface area contributed by atoms with E-state index in [1.54, 1.807) is 30.3 Å². The van der Waals surface area contributed by atoms with Crippen molar-refractivity contribution >= 4 is 6.16 Å². The maximum atomic E-state index is 13.6. The summed E-state index contributed by atoms with van der Waals surface area (Å²) in [4.78, 5) is 11.6. The molecular formula is C14H17FO4. The van der Waals surface area contributed by atoms with Crippen LogP contribution in [0.1, 0.15) is 13.8 Å². The van der Waals surface area contributed by atoms with Crippen LogP contribution in [0, 0.1) is 5.92 Å². The lowest BCUT2D eigenvalue weighted by Gasteiger charge is -2.22. The van der Waals surface area contributed by atoms with Gasteiger partial charge in [-0.3, -0.25) is 0 Å². The van der Waals surface area contributed by atoms with E-state index < -0.39 is 24.5 Å². The van der Waals surface area contributed by atoms with Crippen molar-refractivity contribution in [3.8, 4) is 5.75 Å². The first-order chi connectivity index (χ1) is 9.08. The fraction of sp³-hybridized carbons (Fsp3) is 0.500. The molecular weight excluding hydrogens is 251 g/mol. The molecule has 3 unspecified atom stereocenters. The molecule has 4 nitrogen and oxygen atoms in total. The zero-order valence-corrected chi connectivity index (χ0v) is 10.9. The summed E-state index contributed by atoms with van der Waals surface area (Å²) in [5, 5.41) is 0. The molecule has 0 radical (unpaired) electrons. The summed E-state index contributed by atoms with van der Waals surface area (Å²) in [6.45, 7) is 3.73. The lowest BCUT2D eigenvalue weighted by Crippen LogP contribution is -2.37. The van der Waals surface area contributed by atoms with E-state index in [1.165, 1.54) is 0 Å². The number of hydrogen-bond donors (Lipinski definition) is 0. The Hall–Kier alpha value is -1.62. The van der Waals surface area contributed by atoms with Crippen molar-refractivity contribution in [3.63, 3.8) is 0 Å². The van der Waals surface area contributed by atoms with E-state index in [0.717, 1.165) is 0 Å². The van der Waals surface area contributed by atoms with Gasteiger partial charge >= 0.3 is 6.16 Å². The molecule has 0 N–H and O–H groups in total. The Morgan fingerprint density at radius 1 is 1.37 bits per heavy atom. The molecule has 2 rings (SSSR count). The molecule has 0 aromatic heterocycles. The fourth-order valence-corrected chi connectivity index (χ4v) is 2.03. The maximum Gasteiger partial charge on any atom is 0.514 e. The highest BCUT2D eigenvalue weighted by Crippen LogP contribution is 2.26. The van der Waals surface area contributed by atoms with Crippen LogP contribution >= 0.6 is 0 Å². The number of carbonyl (C=O) groups excluding carboxylic acids is 1. The average Bonchev–Trinajstić information content (AvgIpc) is 2.72. The standard InChI is InChI=1S/C14H17FO4/c1-9(2)12-13(11(15)8-17-12)19-14(16)18-10-6-4-3-5-7-10/h3-7,9,11-13H,8H2,1-2H3. The van der Waals surface area contributed by atoms with Crippen LogP contribution in [-0.2, 0) is 9.47 Å². The van der Waals surface area contributed by atoms with Gasteiger partial charge in [-0.2, -0.15) is 0 Å². The summed E-state index contributed by atoms with van der Waals surface area (Å²) in [5.41, 5.74) is 0. The minimum atomic E-state index is -1.31. The van der Waals surface area contributed by atoms with Gasteiger partial charge in [0.15, 0.2) is 12.3 Å². The van der Waals surface area contributed by atoms with Gasteiger partial charge < -0.3 is 14.2 Å². The van der Waals surface area contributed by atoms with E-state index in [2.05, 4.69) is 0 Å². The summed E-state index contributed by atoms with van der Waals surface area (Å²) in [5.74, 6) is 0.429. The molecule has 1 aliphatic heterocycles. The molecule has 1 fully saturated rings. The number of para-hydroxylation sites is 1. The van der Waals surface area contributed by atoms with Gasteiger partial charge in [-0.1, -0.05) is 32.0 Å². The van der Waals surface area contributed by atoms with Crippen LogP contribution in [0.5, 0.6) is 5.75 Å². The highest BCUT2D eigenvalue weighted by atomic mass is 19.1. The van der Waals surface area contributed by atoms with E-state index in [-0.39, 0.29) is 12.5 Å². The van der Waals surface area contributed by atoms with Crippen LogP contribution in [0.25, 0.3) is 0 Å². The van der Waals surface area contributed by atoms with E-state index >= 15 is 0 Å². The Labute approximate surface area is 111 Å². The van der Waals surface area contributed by atoms with Crippen LogP contribution in [0.3, 0.4) is 0 Å². The van der Waals surface area contributed by atoms with Gasteiger partial charge in [0.1, 0.15) is 5.75 Å². The second-order valence-corrected chi connectivity index (χ2v) is 4.81. The summed E-state index contributed by atoms with van der Waals surface area (Å²) in [6, 6.07) is 8.51. The average molecular weight is 268 g/mol. The zero-order valence-electron chi connectivity index (χ0n) is 10.9. The predicted molar refractivity (Wildman–Crippen MR) is 66.8 cm³/mol. The number of halogens is 1.